The zero-order valence-corrected chi connectivity index (χ0v) is 18.7. The molecular weight excluding hydrogens is 422 g/mol. The fourth-order valence-corrected chi connectivity index (χ4v) is 4.91. The van der Waals surface area contributed by atoms with Crippen LogP contribution in [0.5, 0.6) is 0 Å². The van der Waals surface area contributed by atoms with Crippen molar-refractivity contribution in [3.8, 4) is 0 Å². The third-order valence-corrected chi connectivity index (χ3v) is 6.62. The van der Waals surface area contributed by atoms with Crippen molar-refractivity contribution in [3.05, 3.63) is 42.1 Å². The molecule has 1 saturated heterocycles. The maximum absolute atomic E-state index is 13.3. The number of benzene rings is 1. The predicted octanol–water partition coefficient (Wildman–Crippen LogP) is 2.00. The molecule has 0 bridgehead atoms. The summed E-state index contributed by atoms with van der Waals surface area (Å²) < 4.78 is 0. The van der Waals surface area contributed by atoms with E-state index in [2.05, 4.69) is 15.7 Å². The Hall–Kier alpha value is -3.04. The number of amides is 3. The van der Waals surface area contributed by atoms with Gasteiger partial charge in [0.05, 0.1) is 30.2 Å². The van der Waals surface area contributed by atoms with Gasteiger partial charge in [-0.25, -0.2) is 10.5 Å². The SMILES string of the molecule is O=CN(O)C[C@@H](CC1CCCC1)C(=O)N1NCC[C@H]1C(=O)NCc1ccc2ccccc2n1. The zero-order valence-electron chi connectivity index (χ0n) is 18.7. The van der Waals surface area contributed by atoms with Crippen molar-refractivity contribution in [1.29, 1.82) is 0 Å². The number of hydroxylamine groups is 2. The highest BCUT2D eigenvalue weighted by Crippen LogP contribution is 2.31. The van der Waals surface area contributed by atoms with E-state index in [0.29, 0.717) is 36.8 Å². The Balaban J connectivity index is 1.40. The Bertz CT molecular complexity index is 994. The van der Waals surface area contributed by atoms with E-state index in [-0.39, 0.29) is 24.9 Å². The van der Waals surface area contributed by atoms with E-state index in [4.69, 9.17) is 0 Å². The summed E-state index contributed by atoms with van der Waals surface area (Å²) in [6.45, 7) is 0.695. The van der Waals surface area contributed by atoms with E-state index < -0.39 is 12.0 Å². The van der Waals surface area contributed by atoms with Gasteiger partial charge in [0.25, 0.3) is 0 Å². The maximum Gasteiger partial charge on any atom is 0.244 e. The van der Waals surface area contributed by atoms with Crippen LogP contribution in [0.3, 0.4) is 0 Å². The Labute approximate surface area is 193 Å². The lowest BCUT2D eigenvalue weighted by molar-refractivity contribution is -0.159. The topological polar surface area (TPSA) is 115 Å². The van der Waals surface area contributed by atoms with Crippen LogP contribution in [0.2, 0.25) is 0 Å². The summed E-state index contributed by atoms with van der Waals surface area (Å²) in [4.78, 5) is 41.8. The van der Waals surface area contributed by atoms with Crippen LogP contribution in [0.4, 0.5) is 0 Å². The predicted molar refractivity (Wildman–Crippen MR) is 121 cm³/mol. The molecule has 1 aromatic carbocycles. The standard InChI is InChI=1S/C24H31N5O4/c30-16-28(33)15-19(13-17-5-1-2-6-17)24(32)29-22(11-12-26-29)23(31)25-14-20-10-9-18-7-3-4-8-21(18)27-20/h3-4,7-10,16-17,19,22,26,33H,1-2,5-6,11-15H2,(H,25,31)/t19-,22+/m1/s1. The fraction of sp³-hybridized carbons (Fsp3) is 0.500. The molecule has 176 valence electrons. The number of rotatable bonds is 9. The number of aromatic nitrogens is 1. The molecule has 1 aliphatic carbocycles. The van der Waals surface area contributed by atoms with Crippen molar-refractivity contribution >= 4 is 29.1 Å². The smallest absolute Gasteiger partial charge is 0.244 e. The third-order valence-electron chi connectivity index (χ3n) is 6.62. The average molecular weight is 454 g/mol. The second kappa shape index (κ2) is 10.7. The Kier molecular flexibility index (Phi) is 7.51. The molecule has 4 rings (SSSR count). The first-order valence-corrected chi connectivity index (χ1v) is 11.6. The molecule has 33 heavy (non-hydrogen) atoms. The Morgan fingerprint density at radius 2 is 2.00 bits per heavy atom. The summed E-state index contributed by atoms with van der Waals surface area (Å²) in [5.41, 5.74) is 4.63. The second-order valence-electron chi connectivity index (χ2n) is 8.94. The van der Waals surface area contributed by atoms with Gasteiger partial charge in [0.15, 0.2) is 0 Å². The maximum atomic E-state index is 13.3. The number of pyridine rings is 1. The lowest BCUT2D eigenvalue weighted by Gasteiger charge is -2.29. The van der Waals surface area contributed by atoms with Crippen LogP contribution in [-0.2, 0) is 20.9 Å². The van der Waals surface area contributed by atoms with E-state index in [1.54, 1.807) is 0 Å². The first-order valence-electron chi connectivity index (χ1n) is 11.6. The largest absolute Gasteiger partial charge is 0.349 e. The minimum atomic E-state index is -0.646. The normalized spacial score (nSPS) is 19.5. The van der Waals surface area contributed by atoms with Crippen molar-refractivity contribution in [2.75, 3.05) is 13.1 Å². The van der Waals surface area contributed by atoms with Crippen LogP contribution in [0.1, 0.15) is 44.2 Å². The van der Waals surface area contributed by atoms with E-state index in [1.807, 2.05) is 36.4 Å². The van der Waals surface area contributed by atoms with Gasteiger partial charge in [0, 0.05) is 11.9 Å². The summed E-state index contributed by atoms with van der Waals surface area (Å²) >= 11 is 0. The molecule has 3 amide bonds. The molecule has 9 nitrogen and oxygen atoms in total. The van der Waals surface area contributed by atoms with Crippen LogP contribution >= 0.6 is 0 Å². The summed E-state index contributed by atoms with van der Waals surface area (Å²) in [5, 5.41) is 15.6. The number of hydrazine groups is 1. The van der Waals surface area contributed by atoms with E-state index in [1.165, 1.54) is 5.01 Å². The van der Waals surface area contributed by atoms with Gasteiger partial charge >= 0.3 is 0 Å². The van der Waals surface area contributed by atoms with E-state index >= 15 is 0 Å². The minimum Gasteiger partial charge on any atom is -0.349 e. The summed E-state index contributed by atoms with van der Waals surface area (Å²) in [6.07, 6.45) is 5.77. The molecule has 2 fully saturated rings. The monoisotopic (exact) mass is 453 g/mol. The van der Waals surface area contributed by atoms with Gasteiger partial charge in [0.2, 0.25) is 18.2 Å². The quantitative estimate of drug-likeness (QED) is 0.304. The van der Waals surface area contributed by atoms with Gasteiger partial charge in [-0.1, -0.05) is 49.9 Å². The molecule has 0 spiro atoms. The number of carbonyl (C=O) groups is 3. The first-order chi connectivity index (χ1) is 16.0. The number of hydrogen-bond acceptors (Lipinski definition) is 6. The fourth-order valence-electron chi connectivity index (χ4n) is 4.91. The molecule has 0 radical (unpaired) electrons. The number of hydrogen-bond donors (Lipinski definition) is 3. The highest BCUT2D eigenvalue weighted by Gasteiger charge is 2.38. The molecule has 2 heterocycles. The van der Waals surface area contributed by atoms with E-state index in [9.17, 15) is 19.6 Å². The lowest BCUT2D eigenvalue weighted by Crippen LogP contribution is -2.53. The van der Waals surface area contributed by atoms with Gasteiger partial charge in [-0.05, 0) is 30.9 Å². The van der Waals surface area contributed by atoms with Crippen molar-refractivity contribution in [2.45, 2.75) is 51.1 Å². The van der Waals surface area contributed by atoms with Crippen molar-refractivity contribution in [1.82, 2.24) is 25.8 Å². The van der Waals surface area contributed by atoms with Crippen LogP contribution in [0, 0.1) is 11.8 Å². The number of fused-ring (bicyclic) bond motifs is 1. The molecule has 1 saturated carbocycles. The molecule has 9 heteroatoms. The van der Waals surface area contributed by atoms with Crippen molar-refractivity contribution < 1.29 is 19.6 Å². The summed E-state index contributed by atoms with van der Waals surface area (Å²) in [7, 11) is 0. The Morgan fingerprint density at radius 1 is 1.21 bits per heavy atom. The number of carbonyl (C=O) groups excluding carboxylic acids is 3. The van der Waals surface area contributed by atoms with Gasteiger partial charge in [-0.2, -0.15) is 0 Å². The summed E-state index contributed by atoms with van der Waals surface area (Å²) in [6, 6.07) is 11.0. The van der Waals surface area contributed by atoms with Gasteiger partial charge in [-0.3, -0.25) is 29.6 Å². The number of nitrogens with one attached hydrogen (secondary N) is 2. The van der Waals surface area contributed by atoms with Gasteiger partial charge in [0.1, 0.15) is 6.04 Å². The summed E-state index contributed by atoms with van der Waals surface area (Å²) in [5.74, 6) is -0.678. The van der Waals surface area contributed by atoms with Crippen LogP contribution < -0.4 is 10.7 Å². The van der Waals surface area contributed by atoms with Crippen LogP contribution in [-0.4, -0.2) is 57.6 Å². The lowest BCUT2D eigenvalue weighted by atomic mass is 9.92. The van der Waals surface area contributed by atoms with E-state index in [0.717, 1.165) is 42.3 Å². The highest BCUT2D eigenvalue weighted by molar-refractivity contribution is 5.89. The van der Waals surface area contributed by atoms with Crippen LogP contribution in [0.15, 0.2) is 36.4 Å². The van der Waals surface area contributed by atoms with Crippen LogP contribution in [0.25, 0.3) is 10.9 Å². The first kappa shape index (κ1) is 23.1. The molecule has 3 N–H and O–H groups in total. The van der Waals surface area contributed by atoms with Gasteiger partial charge < -0.3 is 5.32 Å². The van der Waals surface area contributed by atoms with Crippen molar-refractivity contribution in [2.24, 2.45) is 11.8 Å². The highest BCUT2D eigenvalue weighted by atomic mass is 16.5. The Morgan fingerprint density at radius 3 is 2.79 bits per heavy atom. The second-order valence-corrected chi connectivity index (χ2v) is 8.94. The zero-order chi connectivity index (χ0) is 23.2. The molecular formula is C24H31N5O4. The minimum absolute atomic E-state index is 0.0770. The molecule has 2 aromatic rings. The molecule has 2 aliphatic rings. The van der Waals surface area contributed by atoms with Crippen molar-refractivity contribution in [3.63, 3.8) is 0 Å². The molecule has 1 aliphatic heterocycles. The molecule has 1 aromatic heterocycles. The third kappa shape index (κ3) is 5.66. The molecule has 0 unspecified atom stereocenters. The average Bonchev–Trinajstić information content (AvgIpc) is 3.53. The number of para-hydroxylation sites is 1. The van der Waals surface area contributed by atoms with Gasteiger partial charge in [-0.15, -0.1) is 0 Å². The molecule has 2 atom stereocenters. The number of nitrogens with zero attached hydrogens (tertiary/aromatic N) is 3.